The van der Waals surface area contributed by atoms with E-state index in [2.05, 4.69) is 15.8 Å². The van der Waals surface area contributed by atoms with Crippen LogP contribution >= 0.6 is 0 Å². The minimum absolute atomic E-state index is 0.0270. The van der Waals surface area contributed by atoms with Crippen molar-refractivity contribution in [3.05, 3.63) is 69.8 Å². The van der Waals surface area contributed by atoms with Gasteiger partial charge >= 0.3 is 0 Å². The van der Waals surface area contributed by atoms with Crippen LogP contribution in [0, 0.1) is 17.0 Å². The Kier molecular flexibility index (Phi) is 5.62. The van der Waals surface area contributed by atoms with Crippen molar-refractivity contribution >= 4 is 23.0 Å². The number of hydrogen-bond acceptors (Lipinski definition) is 5. The summed E-state index contributed by atoms with van der Waals surface area (Å²) in [6, 6.07) is 14.2. The van der Waals surface area contributed by atoms with Gasteiger partial charge in [0, 0.05) is 22.9 Å². The fourth-order valence-electron chi connectivity index (χ4n) is 2.02. The zero-order valence-corrected chi connectivity index (χ0v) is 13.4. The molecule has 0 atom stereocenters. The molecule has 7 heteroatoms. The number of aryl methyl sites for hydroxylation is 1. The van der Waals surface area contributed by atoms with Crippen LogP contribution in [0.5, 0.6) is 0 Å². The minimum Gasteiger partial charge on any atom is -0.376 e. The van der Waals surface area contributed by atoms with Gasteiger partial charge in [0.1, 0.15) is 0 Å². The molecule has 0 aliphatic carbocycles. The third kappa shape index (κ3) is 4.64. The van der Waals surface area contributed by atoms with E-state index in [1.54, 1.807) is 26.0 Å². The first-order chi connectivity index (χ1) is 11.5. The van der Waals surface area contributed by atoms with Gasteiger partial charge in [-0.05, 0) is 26.0 Å². The van der Waals surface area contributed by atoms with Crippen LogP contribution in [0.4, 0.5) is 11.4 Å². The molecule has 0 heterocycles. The third-order valence-electron chi connectivity index (χ3n) is 3.40. The maximum absolute atomic E-state index is 11.8. The number of nitrogens with one attached hydrogen (secondary N) is 2. The summed E-state index contributed by atoms with van der Waals surface area (Å²) >= 11 is 0. The van der Waals surface area contributed by atoms with Crippen LogP contribution in [0.2, 0.25) is 0 Å². The molecule has 2 aromatic rings. The van der Waals surface area contributed by atoms with Gasteiger partial charge in [0.05, 0.1) is 17.2 Å². The number of carbonyl (C=O) groups excluding carboxylic acids is 1. The van der Waals surface area contributed by atoms with Crippen molar-refractivity contribution in [3.63, 3.8) is 0 Å². The molecule has 7 nitrogen and oxygen atoms in total. The third-order valence-corrected chi connectivity index (χ3v) is 3.40. The fourth-order valence-corrected chi connectivity index (χ4v) is 2.02. The smallest absolute Gasteiger partial charge is 0.272 e. The molecule has 0 saturated heterocycles. The first kappa shape index (κ1) is 17.1. The van der Waals surface area contributed by atoms with Gasteiger partial charge in [-0.15, -0.1) is 0 Å². The Hall–Kier alpha value is -3.22. The SMILES string of the molecule is C/C(=N/NC(=O)CNc1ccccc1)c1ccc(C)c([N+](=O)[O-])c1. The molecular weight excluding hydrogens is 308 g/mol. The average Bonchev–Trinajstić information content (AvgIpc) is 2.59. The molecule has 0 bridgehead atoms. The van der Waals surface area contributed by atoms with Crippen molar-refractivity contribution in [3.8, 4) is 0 Å². The number of nitrogens with zero attached hydrogens (tertiary/aromatic N) is 2. The minimum atomic E-state index is -0.436. The molecule has 0 saturated carbocycles. The summed E-state index contributed by atoms with van der Waals surface area (Å²) < 4.78 is 0. The highest BCUT2D eigenvalue weighted by molar-refractivity contribution is 6.00. The largest absolute Gasteiger partial charge is 0.376 e. The van der Waals surface area contributed by atoms with Crippen LogP contribution in [-0.4, -0.2) is 23.1 Å². The Bertz CT molecular complexity index is 773. The zero-order valence-electron chi connectivity index (χ0n) is 13.4. The second kappa shape index (κ2) is 7.87. The molecule has 0 radical (unpaired) electrons. The monoisotopic (exact) mass is 326 g/mol. The van der Waals surface area contributed by atoms with Crippen molar-refractivity contribution in [1.29, 1.82) is 0 Å². The van der Waals surface area contributed by atoms with Crippen LogP contribution < -0.4 is 10.7 Å². The number of rotatable bonds is 6. The van der Waals surface area contributed by atoms with Gasteiger partial charge in [-0.1, -0.05) is 30.3 Å². The summed E-state index contributed by atoms with van der Waals surface area (Å²) in [7, 11) is 0. The van der Waals surface area contributed by atoms with Crippen LogP contribution in [-0.2, 0) is 4.79 Å². The Morgan fingerprint density at radius 2 is 1.92 bits per heavy atom. The predicted molar refractivity (Wildman–Crippen MR) is 93.1 cm³/mol. The topological polar surface area (TPSA) is 96.6 Å². The van der Waals surface area contributed by atoms with Gasteiger partial charge in [-0.25, -0.2) is 5.43 Å². The van der Waals surface area contributed by atoms with E-state index in [0.29, 0.717) is 16.8 Å². The van der Waals surface area contributed by atoms with E-state index in [1.165, 1.54) is 6.07 Å². The van der Waals surface area contributed by atoms with Crippen LogP contribution in [0.1, 0.15) is 18.1 Å². The summed E-state index contributed by atoms with van der Waals surface area (Å²) in [5, 5.41) is 17.9. The summed E-state index contributed by atoms with van der Waals surface area (Å²) in [4.78, 5) is 22.3. The number of para-hydroxylation sites is 1. The maximum Gasteiger partial charge on any atom is 0.272 e. The molecule has 24 heavy (non-hydrogen) atoms. The van der Waals surface area contributed by atoms with E-state index in [1.807, 2.05) is 30.3 Å². The zero-order chi connectivity index (χ0) is 17.5. The standard InChI is InChI=1S/C17H18N4O3/c1-12-8-9-14(10-16(12)21(23)24)13(2)19-20-17(22)11-18-15-6-4-3-5-7-15/h3-10,18H,11H2,1-2H3,(H,20,22)/b19-13-. The molecule has 0 aliphatic rings. The molecule has 0 aromatic heterocycles. The molecule has 124 valence electrons. The van der Waals surface area contributed by atoms with Gasteiger partial charge in [-0.2, -0.15) is 5.10 Å². The van der Waals surface area contributed by atoms with Gasteiger partial charge in [0.2, 0.25) is 0 Å². The summed E-state index contributed by atoms with van der Waals surface area (Å²) in [6.07, 6.45) is 0. The second-order valence-corrected chi connectivity index (χ2v) is 5.21. The van der Waals surface area contributed by atoms with Gasteiger partial charge in [0.15, 0.2) is 0 Å². The van der Waals surface area contributed by atoms with Crippen molar-refractivity contribution in [1.82, 2.24) is 5.43 Å². The van der Waals surface area contributed by atoms with E-state index in [4.69, 9.17) is 0 Å². The Morgan fingerprint density at radius 3 is 2.58 bits per heavy atom. The Labute approximate surface area is 139 Å². The molecule has 2 aromatic carbocycles. The van der Waals surface area contributed by atoms with Crippen molar-refractivity contribution in [2.75, 3.05) is 11.9 Å². The fraction of sp³-hybridized carbons (Fsp3) is 0.176. The number of amides is 1. The first-order valence-corrected chi connectivity index (χ1v) is 7.35. The molecule has 0 fully saturated rings. The Morgan fingerprint density at radius 1 is 1.21 bits per heavy atom. The van der Waals surface area contributed by atoms with Crippen molar-refractivity contribution < 1.29 is 9.72 Å². The summed E-state index contributed by atoms with van der Waals surface area (Å²) in [6.45, 7) is 3.43. The van der Waals surface area contributed by atoms with E-state index >= 15 is 0 Å². The van der Waals surface area contributed by atoms with Crippen molar-refractivity contribution in [2.24, 2.45) is 5.10 Å². The Balaban J connectivity index is 1.97. The van der Waals surface area contributed by atoms with E-state index in [-0.39, 0.29) is 18.1 Å². The molecule has 2 rings (SSSR count). The maximum atomic E-state index is 11.8. The number of nitro benzene ring substituents is 1. The van der Waals surface area contributed by atoms with Crippen LogP contribution in [0.15, 0.2) is 53.6 Å². The number of hydrogen-bond donors (Lipinski definition) is 2. The van der Waals surface area contributed by atoms with Crippen LogP contribution in [0.3, 0.4) is 0 Å². The normalized spacial score (nSPS) is 11.0. The number of anilines is 1. The summed E-state index contributed by atoms with van der Waals surface area (Å²) in [5.41, 5.74) is 4.95. The molecule has 0 unspecified atom stereocenters. The molecule has 0 spiro atoms. The average molecular weight is 326 g/mol. The number of carbonyl (C=O) groups is 1. The highest BCUT2D eigenvalue weighted by Crippen LogP contribution is 2.19. The van der Waals surface area contributed by atoms with Crippen LogP contribution in [0.25, 0.3) is 0 Å². The van der Waals surface area contributed by atoms with Gasteiger partial charge in [-0.3, -0.25) is 14.9 Å². The lowest BCUT2D eigenvalue weighted by Crippen LogP contribution is -2.26. The van der Waals surface area contributed by atoms with Crippen molar-refractivity contribution in [2.45, 2.75) is 13.8 Å². The number of nitro groups is 1. The van der Waals surface area contributed by atoms with E-state index in [9.17, 15) is 14.9 Å². The van der Waals surface area contributed by atoms with Gasteiger partial charge in [0.25, 0.3) is 11.6 Å². The van der Waals surface area contributed by atoms with E-state index < -0.39 is 4.92 Å². The molecule has 1 amide bonds. The molecule has 0 aliphatic heterocycles. The number of hydrazone groups is 1. The van der Waals surface area contributed by atoms with E-state index in [0.717, 1.165) is 5.69 Å². The lowest BCUT2D eigenvalue weighted by molar-refractivity contribution is -0.385. The highest BCUT2D eigenvalue weighted by atomic mass is 16.6. The number of benzene rings is 2. The second-order valence-electron chi connectivity index (χ2n) is 5.21. The molecule has 2 N–H and O–H groups in total. The highest BCUT2D eigenvalue weighted by Gasteiger charge is 2.12. The van der Waals surface area contributed by atoms with Gasteiger partial charge < -0.3 is 5.32 Å². The lowest BCUT2D eigenvalue weighted by Gasteiger charge is -2.06. The summed E-state index contributed by atoms with van der Waals surface area (Å²) in [5.74, 6) is -0.306. The quantitative estimate of drug-likeness (QED) is 0.484. The molecular formula is C17H18N4O3. The lowest BCUT2D eigenvalue weighted by atomic mass is 10.1. The first-order valence-electron chi connectivity index (χ1n) is 7.35. The predicted octanol–water partition coefficient (Wildman–Crippen LogP) is 2.86.